The van der Waals surface area contributed by atoms with E-state index in [0.29, 0.717) is 11.8 Å². The molecule has 0 radical (unpaired) electrons. The molecule has 0 aliphatic heterocycles. The second-order valence-electron chi connectivity index (χ2n) is 4.35. The Balaban J connectivity index is 2.62. The van der Waals surface area contributed by atoms with Crippen molar-refractivity contribution in [2.75, 3.05) is 0 Å². The molecule has 1 aromatic rings. The highest BCUT2D eigenvalue weighted by molar-refractivity contribution is 5.78. The second kappa shape index (κ2) is 6.25. The first kappa shape index (κ1) is 13.5. The van der Waals surface area contributed by atoms with Crippen LogP contribution >= 0.6 is 0 Å². The van der Waals surface area contributed by atoms with Crippen LogP contribution in [0.1, 0.15) is 26.3 Å². The fourth-order valence-corrected chi connectivity index (χ4v) is 1.31. The fourth-order valence-electron chi connectivity index (χ4n) is 1.31. The van der Waals surface area contributed by atoms with Crippen molar-refractivity contribution in [1.29, 1.82) is 0 Å². The molecule has 0 bridgehead atoms. The predicted molar refractivity (Wildman–Crippen MR) is 67.7 cm³/mol. The molecule has 1 aromatic carbocycles. The molecule has 4 heteroatoms. The van der Waals surface area contributed by atoms with Gasteiger partial charge in [0.25, 0.3) is 5.91 Å². The van der Waals surface area contributed by atoms with Gasteiger partial charge in [-0.1, -0.05) is 26.0 Å². The number of hydrogen-bond donors (Lipinski definition) is 2. The SMILES string of the molecule is CC(C)NCc1cccc(OC(C)C(N)=O)c1. The zero-order valence-electron chi connectivity index (χ0n) is 10.6. The van der Waals surface area contributed by atoms with Crippen LogP contribution in [0.3, 0.4) is 0 Å². The Kier molecular flexibility index (Phi) is 4.97. The Morgan fingerprint density at radius 1 is 1.41 bits per heavy atom. The van der Waals surface area contributed by atoms with Gasteiger partial charge in [0.05, 0.1) is 0 Å². The van der Waals surface area contributed by atoms with Crippen LogP contribution in [0.25, 0.3) is 0 Å². The van der Waals surface area contributed by atoms with E-state index in [1.165, 1.54) is 0 Å². The van der Waals surface area contributed by atoms with Gasteiger partial charge in [-0.25, -0.2) is 0 Å². The molecule has 0 aromatic heterocycles. The van der Waals surface area contributed by atoms with Crippen LogP contribution in [0.2, 0.25) is 0 Å². The normalized spacial score (nSPS) is 12.5. The highest BCUT2D eigenvalue weighted by atomic mass is 16.5. The quantitative estimate of drug-likeness (QED) is 0.785. The summed E-state index contributed by atoms with van der Waals surface area (Å²) in [6, 6.07) is 8.08. The number of primary amides is 1. The number of nitrogens with one attached hydrogen (secondary N) is 1. The van der Waals surface area contributed by atoms with Crippen molar-refractivity contribution in [3.05, 3.63) is 29.8 Å². The van der Waals surface area contributed by atoms with Crippen LogP contribution in [0.4, 0.5) is 0 Å². The Labute approximate surface area is 102 Å². The minimum Gasteiger partial charge on any atom is -0.481 e. The number of carbonyl (C=O) groups is 1. The van der Waals surface area contributed by atoms with Gasteiger partial charge in [-0.05, 0) is 24.6 Å². The smallest absolute Gasteiger partial charge is 0.258 e. The molecule has 0 aliphatic rings. The highest BCUT2D eigenvalue weighted by Crippen LogP contribution is 2.14. The molecule has 94 valence electrons. The number of benzene rings is 1. The molecule has 0 spiro atoms. The minimum absolute atomic E-state index is 0.434. The summed E-state index contributed by atoms with van der Waals surface area (Å²) < 4.78 is 5.42. The van der Waals surface area contributed by atoms with Gasteiger partial charge in [-0.3, -0.25) is 4.79 Å². The van der Waals surface area contributed by atoms with Gasteiger partial charge in [0.2, 0.25) is 0 Å². The molecule has 1 amide bonds. The summed E-state index contributed by atoms with van der Waals surface area (Å²) in [6.07, 6.45) is -0.608. The van der Waals surface area contributed by atoms with E-state index in [0.717, 1.165) is 12.1 Å². The first-order chi connectivity index (χ1) is 7.99. The van der Waals surface area contributed by atoms with Crippen LogP contribution in [0, 0.1) is 0 Å². The van der Waals surface area contributed by atoms with Gasteiger partial charge in [0, 0.05) is 12.6 Å². The summed E-state index contributed by atoms with van der Waals surface area (Å²) in [5.74, 6) is 0.204. The molecule has 0 fully saturated rings. The molecular formula is C13H20N2O2. The Morgan fingerprint density at radius 3 is 2.71 bits per heavy atom. The van der Waals surface area contributed by atoms with E-state index in [2.05, 4.69) is 19.2 Å². The lowest BCUT2D eigenvalue weighted by Gasteiger charge is -2.13. The number of ether oxygens (including phenoxy) is 1. The zero-order valence-corrected chi connectivity index (χ0v) is 10.6. The van der Waals surface area contributed by atoms with Crippen molar-refractivity contribution < 1.29 is 9.53 Å². The number of carbonyl (C=O) groups excluding carboxylic acids is 1. The van der Waals surface area contributed by atoms with Crippen LogP contribution in [0.15, 0.2) is 24.3 Å². The van der Waals surface area contributed by atoms with Crippen molar-refractivity contribution in [2.45, 2.75) is 39.5 Å². The molecule has 0 saturated carbocycles. The average Bonchev–Trinajstić information content (AvgIpc) is 2.26. The Bertz CT molecular complexity index is 377. The summed E-state index contributed by atoms with van der Waals surface area (Å²) in [5.41, 5.74) is 6.26. The predicted octanol–water partition coefficient (Wildman–Crippen LogP) is 1.44. The first-order valence-electron chi connectivity index (χ1n) is 5.77. The molecule has 1 unspecified atom stereocenters. The average molecular weight is 236 g/mol. The lowest BCUT2D eigenvalue weighted by Crippen LogP contribution is -2.30. The van der Waals surface area contributed by atoms with Gasteiger partial charge in [-0.15, -0.1) is 0 Å². The van der Waals surface area contributed by atoms with Crippen molar-refractivity contribution in [2.24, 2.45) is 5.73 Å². The summed E-state index contributed by atoms with van der Waals surface area (Å²) in [7, 11) is 0. The molecule has 0 heterocycles. The van der Waals surface area contributed by atoms with E-state index in [1.54, 1.807) is 6.92 Å². The van der Waals surface area contributed by atoms with E-state index in [9.17, 15) is 4.79 Å². The van der Waals surface area contributed by atoms with Crippen LogP contribution in [-0.4, -0.2) is 18.1 Å². The molecular weight excluding hydrogens is 216 g/mol. The van der Waals surface area contributed by atoms with Crippen LogP contribution < -0.4 is 15.8 Å². The molecule has 4 nitrogen and oxygen atoms in total. The third kappa shape index (κ3) is 4.87. The summed E-state index contributed by atoms with van der Waals surface area (Å²) >= 11 is 0. The molecule has 0 saturated heterocycles. The number of hydrogen-bond acceptors (Lipinski definition) is 3. The monoisotopic (exact) mass is 236 g/mol. The molecule has 0 aliphatic carbocycles. The molecule has 17 heavy (non-hydrogen) atoms. The van der Waals surface area contributed by atoms with E-state index < -0.39 is 12.0 Å². The zero-order chi connectivity index (χ0) is 12.8. The van der Waals surface area contributed by atoms with Gasteiger partial charge < -0.3 is 15.8 Å². The maximum atomic E-state index is 10.9. The van der Waals surface area contributed by atoms with Crippen molar-refractivity contribution in [3.63, 3.8) is 0 Å². The molecule has 1 atom stereocenters. The number of nitrogens with two attached hydrogens (primary N) is 1. The van der Waals surface area contributed by atoms with Gasteiger partial charge in [-0.2, -0.15) is 0 Å². The van der Waals surface area contributed by atoms with Crippen LogP contribution in [0.5, 0.6) is 5.75 Å². The summed E-state index contributed by atoms with van der Waals surface area (Å²) in [4.78, 5) is 10.9. The Hall–Kier alpha value is -1.55. The topological polar surface area (TPSA) is 64.3 Å². The minimum atomic E-state index is -0.608. The highest BCUT2D eigenvalue weighted by Gasteiger charge is 2.10. The lowest BCUT2D eigenvalue weighted by atomic mass is 10.2. The standard InChI is InChI=1S/C13H20N2O2/c1-9(2)15-8-11-5-4-6-12(7-11)17-10(3)13(14)16/h4-7,9-10,15H,8H2,1-3H3,(H2,14,16). The van der Waals surface area contributed by atoms with E-state index in [-0.39, 0.29) is 0 Å². The molecule has 3 N–H and O–H groups in total. The number of rotatable bonds is 6. The maximum absolute atomic E-state index is 10.9. The van der Waals surface area contributed by atoms with Gasteiger partial charge in [0.15, 0.2) is 6.10 Å². The van der Waals surface area contributed by atoms with Gasteiger partial charge >= 0.3 is 0 Å². The third-order valence-electron chi connectivity index (χ3n) is 2.33. The molecule has 1 rings (SSSR count). The summed E-state index contributed by atoms with van der Waals surface area (Å²) in [5, 5.41) is 3.32. The Morgan fingerprint density at radius 2 is 2.12 bits per heavy atom. The van der Waals surface area contributed by atoms with E-state index in [1.807, 2.05) is 24.3 Å². The van der Waals surface area contributed by atoms with E-state index >= 15 is 0 Å². The van der Waals surface area contributed by atoms with Crippen molar-refractivity contribution in [1.82, 2.24) is 5.32 Å². The number of amides is 1. The fraction of sp³-hybridized carbons (Fsp3) is 0.462. The first-order valence-corrected chi connectivity index (χ1v) is 5.77. The van der Waals surface area contributed by atoms with Crippen molar-refractivity contribution >= 4 is 5.91 Å². The van der Waals surface area contributed by atoms with Gasteiger partial charge in [0.1, 0.15) is 5.75 Å². The lowest BCUT2D eigenvalue weighted by molar-refractivity contribution is -0.123. The van der Waals surface area contributed by atoms with Crippen molar-refractivity contribution in [3.8, 4) is 5.75 Å². The second-order valence-corrected chi connectivity index (χ2v) is 4.35. The maximum Gasteiger partial charge on any atom is 0.258 e. The third-order valence-corrected chi connectivity index (χ3v) is 2.33. The summed E-state index contributed by atoms with van der Waals surface area (Å²) in [6.45, 7) is 6.60. The van der Waals surface area contributed by atoms with E-state index in [4.69, 9.17) is 10.5 Å². The van der Waals surface area contributed by atoms with Crippen LogP contribution in [-0.2, 0) is 11.3 Å². The largest absolute Gasteiger partial charge is 0.481 e.